The molecule has 0 radical (unpaired) electrons. The van der Waals surface area contributed by atoms with Crippen molar-refractivity contribution in [3.8, 4) is 11.5 Å². The molecule has 2 rings (SSSR count). The molecule has 2 aromatic carbocycles. The molecule has 2 unspecified atom stereocenters. The highest BCUT2D eigenvalue weighted by molar-refractivity contribution is 5.40. The monoisotopic (exact) mass is 289 g/mol. The van der Waals surface area contributed by atoms with Crippen molar-refractivity contribution in [2.45, 2.75) is 32.9 Å². The molecule has 0 aromatic heterocycles. The molecule has 112 valence electrons. The molecule has 0 aliphatic heterocycles. The minimum atomic E-state index is -0.221. The number of rotatable bonds is 4. The smallest absolute Gasteiger partial charge is 0.126 e. The van der Waals surface area contributed by atoms with Crippen molar-refractivity contribution in [2.24, 2.45) is 0 Å². The summed E-state index contributed by atoms with van der Waals surface area (Å²) in [5.74, 6) is -0.157. The third kappa shape index (κ3) is 3.52. The normalized spacial score (nSPS) is 13.9. The predicted molar refractivity (Wildman–Crippen MR) is 80.9 cm³/mol. The van der Waals surface area contributed by atoms with Gasteiger partial charge in [-0.2, -0.15) is 0 Å². The average Bonchev–Trinajstić information content (AvgIpc) is 2.41. The summed E-state index contributed by atoms with van der Waals surface area (Å²) in [7, 11) is 0. The maximum atomic E-state index is 13.6. The fourth-order valence-electron chi connectivity index (χ4n) is 2.34. The van der Waals surface area contributed by atoms with E-state index in [0.717, 1.165) is 5.56 Å². The van der Waals surface area contributed by atoms with E-state index in [1.54, 1.807) is 19.1 Å². The van der Waals surface area contributed by atoms with Crippen LogP contribution in [0.2, 0.25) is 0 Å². The minimum Gasteiger partial charge on any atom is -0.508 e. The van der Waals surface area contributed by atoms with Gasteiger partial charge in [-0.05, 0) is 44.0 Å². The van der Waals surface area contributed by atoms with Crippen molar-refractivity contribution in [3.05, 3.63) is 58.9 Å². The van der Waals surface area contributed by atoms with Crippen molar-refractivity contribution in [3.63, 3.8) is 0 Å². The van der Waals surface area contributed by atoms with Gasteiger partial charge in [-0.1, -0.05) is 18.2 Å². The first-order valence-electron chi connectivity index (χ1n) is 6.92. The standard InChI is InChI=1S/C17H20FNO2/c1-10-4-5-13(8-16(10)18)11(2)19-12(3)15-7-6-14(20)9-17(15)21/h4-9,11-12,19-21H,1-3H3. The molecular weight excluding hydrogens is 269 g/mol. The lowest BCUT2D eigenvalue weighted by atomic mass is 10.0. The molecule has 2 atom stereocenters. The number of phenolic OH excluding ortho intramolecular Hbond substituents is 2. The van der Waals surface area contributed by atoms with Crippen LogP contribution in [0, 0.1) is 12.7 Å². The highest BCUT2D eigenvalue weighted by atomic mass is 19.1. The summed E-state index contributed by atoms with van der Waals surface area (Å²) >= 11 is 0. The summed E-state index contributed by atoms with van der Waals surface area (Å²) in [4.78, 5) is 0. The summed E-state index contributed by atoms with van der Waals surface area (Å²) in [6.07, 6.45) is 0. The van der Waals surface area contributed by atoms with E-state index in [2.05, 4.69) is 5.32 Å². The van der Waals surface area contributed by atoms with E-state index >= 15 is 0 Å². The van der Waals surface area contributed by atoms with Gasteiger partial charge in [0, 0.05) is 23.7 Å². The van der Waals surface area contributed by atoms with Crippen LogP contribution in [0.1, 0.15) is 42.6 Å². The summed E-state index contributed by atoms with van der Waals surface area (Å²) in [6.45, 7) is 5.58. The highest BCUT2D eigenvalue weighted by Crippen LogP contribution is 2.29. The van der Waals surface area contributed by atoms with Crippen LogP contribution >= 0.6 is 0 Å². The zero-order valence-electron chi connectivity index (χ0n) is 12.4. The van der Waals surface area contributed by atoms with Gasteiger partial charge in [0.2, 0.25) is 0 Å². The molecule has 0 bridgehead atoms. The van der Waals surface area contributed by atoms with Gasteiger partial charge < -0.3 is 15.5 Å². The van der Waals surface area contributed by atoms with Crippen molar-refractivity contribution in [1.82, 2.24) is 5.32 Å². The summed E-state index contributed by atoms with van der Waals surface area (Å²) < 4.78 is 13.6. The Labute approximate surface area is 124 Å². The number of hydrogen-bond acceptors (Lipinski definition) is 3. The molecule has 0 heterocycles. The number of nitrogens with one attached hydrogen (secondary N) is 1. The summed E-state index contributed by atoms with van der Waals surface area (Å²) in [6, 6.07) is 9.48. The first kappa shape index (κ1) is 15.3. The van der Waals surface area contributed by atoms with E-state index in [1.807, 2.05) is 19.9 Å². The number of aryl methyl sites for hydroxylation is 1. The molecule has 4 heteroatoms. The second kappa shape index (κ2) is 6.14. The van der Waals surface area contributed by atoms with Gasteiger partial charge in [-0.15, -0.1) is 0 Å². The molecule has 0 spiro atoms. The number of aromatic hydroxyl groups is 2. The first-order valence-corrected chi connectivity index (χ1v) is 6.92. The van der Waals surface area contributed by atoms with Crippen molar-refractivity contribution >= 4 is 0 Å². The van der Waals surface area contributed by atoms with Crippen LogP contribution in [0.4, 0.5) is 4.39 Å². The van der Waals surface area contributed by atoms with E-state index in [-0.39, 0.29) is 29.4 Å². The molecule has 0 saturated heterocycles. The van der Waals surface area contributed by atoms with Gasteiger partial charge in [-0.25, -0.2) is 4.39 Å². The molecule has 21 heavy (non-hydrogen) atoms. The van der Waals surface area contributed by atoms with E-state index in [9.17, 15) is 14.6 Å². The Morgan fingerprint density at radius 1 is 1.00 bits per heavy atom. The molecule has 3 nitrogen and oxygen atoms in total. The van der Waals surface area contributed by atoms with Crippen molar-refractivity contribution in [2.75, 3.05) is 0 Å². The van der Waals surface area contributed by atoms with Crippen LogP contribution in [0.15, 0.2) is 36.4 Å². The fraction of sp³-hybridized carbons (Fsp3) is 0.294. The maximum absolute atomic E-state index is 13.6. The highest BCUT2D eigenvalue weighted by Gasteiger charge is 2.15. The van der Waals surface area contributed by atoms with Crippen molar-refractivity contribution in [1.29, 1.82) is 0 Å². The van der Waals surface area contributed by atoms with E-state index in [1.165, 1.54) is 18.2 Å². The number of benzene rings is 2. The fourth-order valence-corrected chi connectivity index (χ4v) is 2.34. The average molecular weight is 289 g/mol. The molecular formula is C17H20FNO2. The number of hydrogen-bond donors (Lipinski definition) is 3. The minimum absolute atomic E-state index is 0.0251. The summed E-state index contributed by atoms with van der Waals surface area (Å²) in [5.41, 5.74) is 2.16. The van der Waals surface area contributed by atoms with E-state index in [0.29, 0.717) is 11.1 Å². The number of phenols is 2. The molecule has 0 aliphatic carbocycles. The Morgan fingerprint density at radius 3 is 2.33 bits per heavy atom. The second-order valence-corrected chi connectivity index (χ2v) is 5.36. The van der Waals surface area contributed by atoms with E-state index < -0.39 is 0 Å². The quantitative estimate of drug-likeness (QED) is 0.798. The molecule has 0 fully saturated rings. The van der Waals surface area contributed by atoms with Gasteiger partial charge in [0.05, 0.1) is 0 Å². The van der Waals surface area contributed by atoms with Crippen LogP contribution < -0.4 is 5.32 Å². The Balaban J connectivity index is 2.14. The van der Waals surface area contributed by atoms with Crippen LogP contribution in [-0.2, 0) is 0 Å². The Bertz CT molecular complexity index is 643. The van der Waals surface area contributed by atoms with Gasteiger partial charge in [-0.3, -0.25) is 0 Å². The zero-order chi connectivity index (χ0) is 15.6. The lowest BCUT2D eigenvalue weighted by Crippen LogP contribution is -2.22. The SMILES string of the molecule is Cc1ccc(C(C)NC(C)c2ccc(O)cc2O)cc1F. The Hall–Kier alpha value is -2.07. The second-order valence-electron chi connectivity index (χ2n) is 5.36. The maximum Gasteiger partial charge on any atom is 0.126 e. The lowest BCUT2D eigenvalue weighted by Gasteiger charge is -2.22. The topological polar surface area (TPSA) is 52.5 Å². The van der Waals surface area contributed by atoms with Crippen LogP contribution in [0.25, 0.3) is 0 Å². The van der Waals surface area contributed by atoms with Gasteiger partial charge in [0.1, 0.15) is 17.3 Å². The number of halogens is 1. The largest absolute Gasteiger partial charge is 0.508 e. The zero-order valence-corrected chi connectivity index (χ0v) is 12.4. The first-order chi connectivity index (χ1) is 9.88. The molecule has 2 aromatic rings. The lowest BCUT2D eigenvalue weighted by molar-refractivity contribution is 0.427. The van der Waals surface area contributed by atoms with Crippen molar-refractivity contribution < 1.29 is 14.6 Å². The molecule has 0 amide bonds. The van der Waals surface area contributed by atoms with E-state index in [4.69, 9.17) is 0 Å². The van der Waals surface area contributed by atoms with Gasteiger partial charge >= 0.3 is 0 Å². The Kier molecular flexibility index (Phi) is 4.48. The van der Waals surface area contributed by atoms with Crippen LogP contribution in [0.3, 0.4) is 0 Å². The third-order valence-corrected chi connectivity index (χ3v) is 3.68. The third-order valence-electron chi connectivity index (χ3n) is 3.68. The molecule has 0 saturated carbocycles. The van der Waals surface area contributed by atoms with Gasteiger partial charge in [0.25, 0.3) is 0 Å². The molecule has 0 aliphatic rings. The van der Waals surface area contributed by atoms with Crippen LogP contribution in [-0.4, -0.2) is 10.2 Å². The van der Waals surface area contributed by atoms with Gasteiger partial charge in [0.15, 0.2) is 0 Å². The Morgan fingerprint density at radius 2 is 1.71 bits per heavy atom. The van der Waals surface area contributed by atoms with Crippen LogP contribution in [0.5, 0.6) is 11.5 Å². The predicted octanol–water partition coefficient (Wildman–Crippen LogP) is 3.96. The summed E-state index contributed by atoms with van der Waals surface area (Å²) in [5, 5.41) is 22.5. The molecule has 3 N–H and O–H groups in total.